The van der Waals surface area contributed by atoms with Crippen LogP contribution in [0.25, 0.3) is 0 Å². The molecule has 6 rings (SSSR count). The van der Waals surface area contributed by atoms with Gasteiger partial charge in [-0.25, -0.2) is 0 Å². The molecule has 2 aromatic rings. The number of nitrogens with two attached hydrogens (primary N) is 1. The lowest BCUT2D eigenvalue weighted by atomic mass is 9.33. The molecule has 7 heteroatoms. The van der Waals surface area contributed by atoms with Crippen LogP contribution in [0.2, 0.25) is 0 Å². The molecule has 1 unspecified atom stereocenters. The van der Waals surface area contributed by atoms with Crippen molar-refractivity contribution >= 4 is 29.6 Å². The van der Waals surface area contributed by atoms with E-state index in [1.807, 2.05) is 24.8 Å². The number of thioether (sulfide) groups is 1. The molecule has 0 spiro atoms. The molecule has 7 atom stereocenters. The van der Waals surface area contributed by atoms with Gasteiger partial charge in [0.2, 0.25) is 5.91 Å². The zero-order valence-corrected chi connectivity index (χ0v) is 31.1. The van der Waals surface area contributed by atoms with E-state index in [0.717, 1.165) is 73.0 Å². The lowest BCUT2D eigenvalue weighted by Gasteiger charge is -2.71. The Bertz CT molecular complexity index is 1710. The van der Waals surface area contributed by atoms with Crippen molar-refractivity contribution in [2.24, 2.45) is 33.3 Å². The van der Waals surface area contributed by atoms with Crippen LogP contribution in [-0.4, -0.2) is 17.8 Å². The van der Waals surface area contributed by atoms with E-state index in [1.165, 1.54) is 25.0 Å². The standard InChI is InChI=1S/C41H53NO5S/c1-10-41-20-18-39(8)29-21-30(46-26(4)43)35(47-27(5)44)25(3)34(29)31(48-28-13-11-24(2)12-14-28)22-32(39)40(41,9)19-17-37(6)15-16-38(7,36(42)45)23-33(37)41/h11-14,21-22,31,33H,10,15-20,23H2,1-9H3,(H2,42,45)/t31?,33-,37-,38-,39+,40-,41+/m1/s1. The fraction of sp³-hybridized carbons (Fsp3) is 0.585. The maximum atomic E-state index is 12.9. The van der Waals surface area contributed by atoms with Crippen molar-refractivity contribution in [2.45, 2.75) is 129 Å². The van der Waals surface area contributed by atoms with Crippen LogP contribution < -0.4 is 15.2 Å². The quantitative estimate of drug-likeness (QED) is 0.187. The van der Waals surface area contributed by atoms with Gasteiger partial charge < -0.3 is 15.2 Å². The summed E-state index contributed by atoms with van der Waals surface area (Å²) in [6, 6.07) is 10.7. The van der Waals surface area contributed by atoms with Crippen LogP contribution >= 0.6 is 11.8 Å². The number of carbonyl (C=O) groups excluding carboxylic acids is 3. The maximum Gasteiger partial charge on any atom is 0.308 e. The Labute approximate surface area is 291 Å². The van der Waals surface area contributed by atoms with Crippen molar-refractivity contribution in [3.05, 3.63) is 64.2 Å². The molecule has 0 saturated heterocycles. The predicted molar refractivity (Wildman–Crippen MR) is 191 cm³/mol. The summed E-state index contributed by atoms with van der Waals surface area (Å²) in [5.41, 5.74) is 11.1. The van der Waals surface area contributed by atoms with E-state index in [9.17, 15) is 14.4 Å². The number of carbonyl (C=O) groups is 3. The Morgan fingerprint density at radius 3 is 2.15 bits per heavy atom. The second kappa shape index (κ2) is 11.8. The van der Waals surface area contributed by atoms with Gasteiger partial charge in [-0.1, -0.05) is 64.0 Å². The first-order valence-electron chi connectivity index (χ1n) is 17.7. The molecule has 3 saturated carbocycles. The lowest BCUT2D eigenvalue weighted by molar-refractivity contribution is -0.174. The number of ether oxygens (including phenoxy) is 2. The second-order valence-corrected chi connectivity index (χ2v) is 17.6. The number of esters is 2. The van der Waals surface area contributed by atoms with E-state index in [4.69, 9.17) is 15.2 Å². The van der Waals surface area contributed by atoms with E-state index < -0.39 is 17.4 Å². The lowest BCUT2D eigenvalue weighted by Crippen LogP contribution is -2.64. The van der Waals surface area contributed by atoms with E-state index in [-0.39, 0.29) is 32.8 Å². The Balaban J connectivity index is 1.58. The number of hydrogen-bond donors (Lipinski definition) is 1. The van der Waals surface area contributed by atoms with E-state index in [2.05, 4.69) is 71.9 Å². The average Bonchev–Trinajstić information content (AvgIpc) is 3.01. The number of allylic oxidation sites excluding steroid dienone is 1. The van der Waals surface area contributed by atoms with Crippen LogP contribution in [0.5, 0.6) is 11.5 Å². The Morgan fingerprint density at radius 2 is 1.54 bits per heavy atom. The van der Waals surface area contributed by atoms with Crippen molar-refractivity contribution in [1.29, 1.82) is 0 Å². The molecule has 258 valence electrons. The Morgan fingerprint density at radius 1 is 0.896 bits per heavy atom. The molecule has 0 bridgehead atoms. The molecule has 48 heavy (non-hydrogen) atoms. The predicted octanol–water partition coefficient (Wildman–Crippen LogP) is 9.47. The summed E-state index contributed by atoms with van der Waals surface area (Å²) in [5, 5.41) is -0.0495. The van der Waals surface area contributed by atoms with Crippen LogP contribution in [0, 0.1) is 41.4 Å². The summed E-state index contributed by atoms with van der Waals surface area (Å²) in [7, 11) is 0. The first-order valence-corrected chi connectivity index (χ1v) is 18.6. The molecule has 2 N–H and O–H groups in total. The van der Waals surface area contributed by atoms with Gasteiger partial charge >= 0.3 is 11.9 Å². The fourth-order valence-corrected chi connectivity index (χ4v) is 12.0. The Hall–Kier alpha value is -3.06. The molecule has 1 amide bonds. The minimum atomic E-state index is -0.494. The highest BCUT2D eigenvalue weighted by Crippen LogP contribution is 2.76. The third kappa shape index (κ3) is 5.16. The van der Waals surface area contributed by atoms with Crippen LogP contribution in [0.15, 0.2) is 46.9 Å². The summed E-state index contributed by atoms with van der Waals surface area (Å²) in [4.78, 5) is 38.8. The number of benzene rings is 2. The van der Waals surface area contributed by atoms with E-state index in [1.54, 1.807) is 0 Å². The fourth-order valence-electron chi connectivity index (χ4n) is 10.8. The minimum Gasteiger partial charge on any atom is -0.423 e. The van der Waals surface area contributed by atoms with Crippen molar-refractivity contribution < 1.29 is 23.9 Å². The van der Waals surface area contributed by atoms with E-state index in [0.29, 0.717) is 17.4 Å². The third-order valence-corrected chi connectivity index (χ3v) is 14.9. The van der Waals surface area contributed by atoms with Crippen LogP contribution in [0.4, 0.5) is 0 Å². The smallest absolute Gasteiger partial charge is 0.308 e. The van der Waals surface area contributed by atoms with Gasteiger partial charge in [0.25, 0.3) is 0 Å². The first-order chi connectivity index (χ1) is 22.4. The van der Waals surface area contributed by atoms with Crippen molar-refractivity contribution in [2.75, 3.05) is 0 Å². The summed E-state index contributed by atoms with van der Waals surface area (Å²) in [6.07, 6.45) is 10.5. The number of fused-ring (bicyclic) bond motifs is 7. The SMILES string of the molecule is CC[C@@]12CC[C@]3(C)C(=CC(Sc4ccc(C)cc4)c4c3cc(OC(C)=O)c(OC(C)=O)c4C)[C@@]1(C)CC[C@@]1(C)CC[C@@](C)(C(N)=O)C[C@H]12. The van der Waals surface area contributed by atoms with Gasteiger partial charge in [-0.05, 0) is 117 Å². The van der Waals surface area contributed by atoms with Gasteiger partial charge in [0.05, 0.1) is 5.25 Å². The molecule has 0 aromatic heterocycles. The van der Waals surface area contributed by atoms with Gasteiger partial charge in [0.15, 0.2) is 11.5 Å². The monoisotopic (exact) mass is 671 g/mol. The Kier molecular flexibility index (Phi) is 8.54. The summed E-state index contributed by atoms with van der Waals surface area (Å²) in [5.74, 6) is -0.0783. The largest absolute Gasteiger partial charge is 0.423 e. The molecule has 4 aliphatic carbocycles. The average molecular weight is 672 g/mol. The minimum absolute atomic E-state index is 0.00446. The molecule has 3 fully saturated rings. The summed E-state index contributed by atoms with van der Waals surface area (Å²) >= 11 is 1.82. The molecule has 0 aliphatic heterocycles. The molecular formula is C41H53NO5S. The van der Waals surface area contributed by atoms with Crippen LogP contribution in [0.3, 0.4) is 0 Å². The van der Waals surface area contributed by atoms with E-state index >= 15 is 0 Å². The molecule has 2 aromatic carbocycles. The van der Waals surface area contributed by atoms with Gasteiger partial charge in [-0.15, -0.1) is 11.8 Å². The zero-order valence-electron chi connectivity index (χ0n) is 30.3. The number of rotatable bonds is 6. The number of hydrogen-bond acceptors (Lipinski definition) is 6. The third-order valence-electron chi connectivity index (χ3n) is 13.7. The van der Waals surface area contributed by atoms with Crippen LogP contribution in [0.1, 0.15) is 127 Å². The molecular weight excluding hydrogens is 619 g/mol. The summed E-state index contributed by atoms with van der Waals surface area (Å²) < 4.78 is 11.6. The molecule has 6 nitrogen and oxygen atoms in total. The van der Waals surface area contributed by atoms with Crippen LogP contribution in [-0.2, 0) is 19.8 Å². The second-order valence-electron chi connectivity index (χ2n) is 16.4. The van der Waals surface area contributed by atoms with Gasteiger partial charge in [0.1, 0.15) is 0 Å². The normalized spacial score (nSPS) is 35.2. The molecule has 0 heterocycles. The highest BCUT2D eigenvalue weighted by atomic mass is 32.2. The molecule has 4 aliphatic rings. The van der Waals surface area contributed by atoms with Crippen molar-refractivity contribution in [3.8, 4) is 11.5 Å². The topological polar surface area (TPSA) is 95.7 Å². The van der Waals surface area contributed by atoms with Gasteiger partial charge in [-0.2, -0.15) is 0 Å². The maximum absolute atomic E-state index is 12.9. The van der Waals surface area contributed by atoms with Gasteiger partial charge in [-0.3, -0.25) is 14.4 Å². The number of aryl methyl sites for hydroxylation is 1. The van der Waals surface area contributed by atoms with Crippen molar-refractivity contribution in [3.63, 3.8) is 0 Å². The summed E-state index contributed by atoms with van der Waals surface area (Å²) in [6.45, 7) is 18.7. The highest BCUT2D eigenvalue weighted by Gasteiger charge is 2.68. The number of primary amides is 1. The van der Waals surface area contributed by atoms with Gasteiger partial charge in [0, 0.05) is 35.1 Å². The molecule has 0 radical (unpaired) electrons. The highest BCUT2D eigenvalue weighted by molar-refractivity contribution is 7.99. The number of amides is 1. The first kappa shape index (κ1) is 34.8. The zero-order chi connectivity index (χ0) is 35.0. The van der Waals surface area contributed by atoms with Crippen molar-refractivity contribution in [1.82, 2.24) is 0 Å².